The number of benzene rings is 2. The molecule has 0 saturated carbocycles. The van der Waals surface area contributed by atoms with E-state index in [9.17, 15) is 27.0 Å². The molecule has 0 bridgehead atoms. The monoisotopic (exact) mass is 762 g/mol. The molecule has 1 aliphatic rings. The first-order valence-electron chi connectivity index (χ1n) is 16.3. The lowest BCUT2D eigenvalue weighted by molar-refractivity contribution is 0.0983. The zero-order valence-electron chi connectivity index (χ0n) is 28.6. The van der Waals surface area contributed by atoms with Crippen LogP contribution in [0, 0.1) is 17.5 Å². The Hall–Kier alpha value is -4.90. The van der Waals surface area contributed by atoms with Crippen molar-refractivity contribution < 1.29 is 45.4 Å². The molecule has 1 aliphatic heterocycles. The molecule has 4 heterocycles. The van der Waals surface area contributed by atoms with E-state index in [2.05, 4.69) is 25.3 Å². The van der Waals surface area contributed by atoms with E-state index >= 15 is 4.39 Å². The maximum atomic E-state index is 15.1. The van der Waals surface area contributed by atoms with E-state index in [0.29, 0.717) is 54.1 Å². The molecule has 0 radical (unpaired) electrons. The molecule has 0 spiro atoms. The van der Waals surface area contributed by atoms with Crippen molar-refractivity contribution in [2.75, 3.05) is 43.8 Å². The number of imidazole rings is 1. The minimum absolute atomic E-state index is 0.000977. The summed E-state index contributed by atoms with van der Waals surface area (Å²) in [6.45, 7) is 0.251. The fourth-order valence-electron chi connectivity index (χ4n) is 6.32. The van der Waals surface area contributed by atoms with Crippen LogP contribution in [0.2, 0.25) is 0 Å². The molecule has 1 saturated heterocycles. The summed E-state index contributed by atoms with van der Waals surface area (Å²) in [6, 6.07) is 7.88. The van der Waals surface area contributed by atoms with Crippen molar-refractivity contribution >= 4 is 30.3 Å². The SMILES string of the molecule is COc1ccc(COP(=O)(O)CNc2ncnc3c2ncn3Cc2c(N3CCC[C@](N)(CC(F)F)C3)cnc(-c3cc(F)c(F)cc3F)c2OC)cc1. The fourth-order valence-corrected chi connectivity index (χ4v) is 7.11. The number of alkyl halides is 2. The fraction of sp³-hybridized carbons (Fsp3) is 0.353. The third kappa shape index (κ3) is 8.51. The van der Waals surface area contributed by atoms with E-state index in [1.807, 2.05) is 0 Å². The van der Waals surface area contributed by atoms with Crippen molar-refractivity contribution in [3.63, 3.8) is 0 Å². The van der Waals surface area contributed by atoms with Crippen LogP contribution in [0.3, 0.4) is 0 Å². The Labute approximate surface area is 300 Å². The third-order valence-electron chi connectivity index (χ3n) is 8.86. The number of nitrogens with one attached hydrogen (secondary N) is 1. The van der Waals surface area contributed by atoms with Crippen molar-refractivity contribution in [2.24, 2.45) is 5.73 Å². The van der Waals surface area contributed by atoms with Crippen LogP contribution in [0.15, 0.2) is 55.2 Å². The second-order valence-electron chi connectivity index (χ2n) is 12.6. The van der Waals surface area contributed by atoms with Gasteiger partial charge in [0.05, 0.1) is 45.6 Å². The van der Waals surface area contributed by atoms with E-state index < -0.39 is 49.7 Å². The smallest absolute Gasteiger partial charge is 0.347 e. The van der Waals surface area contributed by atoms with Crippen LogP contribution in [0.1, 0.15) is 30.4 Å². The summed E-state index contributed by atoms with van der Waals surface area (Å²) in [7, 11) is -1.35. The first-order valence-corrected chi connectivity index (χ1v) is 18.1. The molecule has 282 valence electrons. The lowest BCUT2D eigenvalue weighted by Gasteiger charge is -2.42. The number of ether oxygens (including phenoxy) is 2. The molecule has 1 unspecified atom stereocenters. The number of fused-ring (bicyclic) bond motifs is 1. The van der Waals surface area contributed by atoms with Crippen LogP contribution in [0.4, 0.5) is 33.5 Å². The first kappa shape index (κ1) is 37.8. The lowest BCUT2D eigenvalue weighted by Crippen LogP contribution is -2.55. The van der Waals surface area contributed by atoms with Gasteiger partial charge >= 0.3 is 7.60 Å². The highest BCUT2D eigenvalue weighted by molar-refractivity contribution is 7.52. The number of anilines is 2. The highest BCUT2D eigenvalue weighted by Crippen LogP contribution is 2.43. The van der Waals surface area contributed by atoms with Gasteiger partial charge in [0, 0.05) is 42.2 Å². The third-order valence-corrected chi connectivity index (χ3v) is 9.95. The summed E-state index contributed by atoms with van der Waals surface area (Å²) in [5.41, 5.74) is 6.63. The predicted molar refractivity (Wildman–Crippen MR) is 186 cm³/mol. The lowest BCUT2D eigenvalue weighted by atomic mass is 9.86. The molecule has 19 heteroatoms. The molecule has 2 aromatic carbocycles. The summed E-state index contributed by atoms with van der Waals surface area (Å²) in [6.07, 6.45) is 1.19. The van der Waals surface area contributed by atoms with Crippen molar-refractivity contribution in [2.45, 2.75) is 44.4 Å². The quantitative estimate of drug-likeness (QED) is 0.0679. The van der Waals surface area contributed by atoms with Crippen LogP contribution in [-0.4, -0.2) is 75.0 Å². The van der Waals surface area contributed by atoms with Gasteiger partial charge in [0.2, 0.25) is 6.43 Å². The summed E-state index contributed by atoms with van der Waals surface area (Å²) < 4.78 is 101. The van der Waals surface area contributed by atoms with Crippen LogP contribution >= 0.6 is 7.60 Å². The number of halogens is 5. The first-order chi connectivity index (χ1) is 25.3. The highest BCUT2D eigenvalue weighted by Gasteiger charge is 2.36. The van der Waals surface area contributed by atoms with Gasteiger partial charge in [0.1, 0.15) is 35.4 Å². The second-order valence-corrected chi connectivity index (χ2v) is 14.4. The van der Waals surface area contributed by atoms with Gasteiger partial charge in [0.25, 0.3) is 0 Å². The molecule has 4 N–H and O–H groups in total. The molecular formula is C34H36F5N8O5P. The Morgan fingerprint density at radius 1 is 1.04 bits per heavy atom. The number of hydrogen-bond donors (Lipinski definition) is 3. The Bertz CT molecular complexity index is 2140. The average Bonchev–Trinajstić information content (AvgIpc) is 3.54. The normalized spacial score (nSPS) is 17.3. The van der Waals surface area contributed by atoms with E-state index in [1.54, 1.807) is 33.7 Å². The van der Waals surface area contributed by atoms with Crippen LogP contribution in [0.5, 0.6) is 11.5 Å². The van der Waals surface area contributed by atoms with Gasteiger partial charge in [-0.15, -0.1) is 0 Å². The zero-order chi connectivity index (χ0) is 37.9. The number of aromatic nitrogens is 5. The van der Waals surface area contributed by atoms with Crippen molar-refractivity contribution in [1.29, 1.82) is 0 Å². The zero-order valence-corrected chi connectivity index (χ0v) is 29.5. The highest BCUT2D eigenvalue weighted by atomic mass is 31.2. The number of pyridine rings is 1. The standard InChI is InChI=1S/C34H36F5N8O5P/c1-50-21-6-4-20(5-7-21)15-52-53(48,49)19-45-32-30-33(43-17-42-32)47(18-44-30)14-23-27(46-9-3-8-34(40,16-46)12-28(38)39)13-41-29(31(23)51-2)22-10-25(36)26(37)11-24(22)35/h4-7,10-11,13,17-18,28H,3,8-9,12,14-16,19,40H2,1-2H3,(H,48,49)(H,42,43,45)/t34-/m0/s1. The Kier molecular flexibility index (Phi) is 11.1. The molecule has 6 rings (SSSR count). The summed E-state index contributed by atoms with van der Waals surface area (Å²) in [4.78, 5) is 29.6. The molecule has 2 atom stereocenters. The minimum Gasteiger partial charge on any atom is -0.497 e. The molecule has 1 fully saturated rings. The van der Waals surface area contributed by atoms with Gasteiger partial charge < -0.3 is 39.4 Å². The molecule has 53 heavy (non-hydrogen) atoms. The van der Waals surface area contributed by atoms with Crippen molar-refractivity contribution in [1.82, 2.24) is 24.5 Å². The topological polar surface area (TPSA) is 163 Å². The number of piperidine rings is 1. The second kappa shape index (κ2) is 15.6. The molecule has 0 aliphatic carbocycles. The van der Waals surface area contributed by atoms with Gasteiger partial charge in [-0.3, -0.25) is 9.55 Å². The molecular weight excluding hydrogens is 726 g/mol. The van der Waals surface area contributed by atoms with Crippen LogP contribution < -0.4 is 25.4 Å². The minimum atomic E-state index is -4.17. The number of nitrogens with zero attached hydrogens (tertiary/aromatic N) is 6. The molecule has 5 aromatic rings. The summed E-state index contributed by atoms with van der Waals surface area (Å²) >= 11 is 0. The van der Waals surface area contributed by atoms with Crippen LogP contribution in [-0.2, 0) is 22.2 Å². The van der Waals surface area contributed by atoms with Crippen molar-refractivity contribution in [3.05, 3.63) is 83.8 Å². The molecule has 3 aromatic heterocycles. The van der Waals surface area contributed by atoms with Crippen LogP contribution in [0.25, 0.3) is 22.4 Å². The Morgan fingerprint density at radius 2 is 1.79 bits per heavy atom. The van der Waals surface area contributed by atoms with E-state index in [1.165, 1.54) is 33.1 Å². The maximum Gasteiger partial charge on any atom is 0.347 e. The largest absolute Gasteiger partial charge is 0.497 e. The number of methoxy groups -OCH3 is 2. The van der Waals surface area contributed by atoms with E-state index in [-0.39, 0.29) is 53.7 Å². The number of nitrogens with two attached hydrogens (primary N) is 1. The summed E-state index contributed by atoms with van der Waals surface area (Å²) in [5, 5.41) is 2.81. The van der Waals surface area contributed by atoms with E-state index in [4.69, 9.17) is 19.7 Å². The Morgan fingerprint density at radius 3 is 2.51 bits per heavy atom. The summed E-state index contributed by atoms with van der Waals surface area (Å²) in [5.74, 6) is -3.03. The van der Waals surface area contributed by atoms with Crippen molar-refractivity contribution in [3.8, 4) is 22.8 Å². The van der Waals surface area contributed by atoms with E-state index in [0.717, 1.165) is 0 Å². The molecule has 13 nitrogen and oxygen atoms in total. The molecule has 0 amide bonds. The maximum absolute atomic E-state index is 15.1. The van der Waals surface area contributed by atoms with Gasteiger partial charge in [-0.1, -0.05) is 12.1 Å². The van der Waals surface area contributed by atoms with Gasteiger partial charge in [0.15, 0.2) is 28.8 Å². The van der Waals surface area contributed by atoms with Gasteiger partial charge in [-0.05, 0) is 36.6 Å². The average molecular weight is 763 g/mol. The van der Waals surface area contributed by atoms with Gasteiger partial charge in [-0.25, -0.2) is 36.9 Å². The number of hydrogen-bond acceptors (Lipinski definition) is 11. The number of rotatable bonds is 14. The Balaban J connectivity index is 1.33. The predicted octanol–water partition coefficient (Wildman–Crippen LogP) is 6.10. The van der Waals surface area contributed by atoms with Gasteiger partial charge in [-0.2, -0.15) is 0 Å².